The first kappa shape index (κ1) is 21.3. The number of aromatic nitrogens is 2. The van der Waals surface area contributed by atoms with Crippen molar-refractivity contribution in [2.75, 3.05) is 25.2 Å². The molecule has 3 amide bonds. The van der Waals surface area contributed by atoms with Crippen LogP contribution >= 0.6 is 0 Å². The minimum atomic E-state index is -2.99. The van der Waals surface area contributed by atoms with E-state index in [0.29, 0.717) is 25.8 Å². The summed E-state index contributed by atoms with van der Waals surface area (Å²) in [5.74, 6) is 0.230. The van der Waals surface area contributed by atoms with E-state index in [0.717, 1.165) is 36.2 Å². The molecule has 10 heteroatoms. The molecule has 1 unspecified atom stereocenters. The molecule has 166 valence electrons. The highest BCUT2D eigenvalue weighted by molar-refractivity contribution is 7.91. The molecule has 2 aliphatic heterocycles. The number of aryl methyl sites for hydroxylation is 1. The number of urea groups is 1. The largest absolute Gasteiger partial charge is 0.326 e. The summed E-state index contributed by atoms with van der Waals surface area (Å²) in [6.45, 7) is 4.62. The van der Waals surface area contributed by atoms with Crippen molar-refractivity contribution in [1.82, 2.24) is 24.9 Å². The molecule has 2 saturated heterocycles. The Hall–Kier alpha value is -1.94. The van der Waals surface area contributed by atoms with Gasteiger partial charge in [0.05, 0.1) is 29.9 Å². The van der Waals surface area contributed by atoms with Crippen molar-refractivity contribution in [1.29, 1.82) is 0 Å². The summed E-state index contributed by atoms with van der Waals surface area (Å²) >= 11 is 0. The topological polar surface area (TPSA) is 105 Å². The fourth-order valence-electron chi connectivity index (χ4n) is 5.11. The van der Waals surface area contributed by atoms with Gasteiger partial charge in [-0.1, -0.05) is 19.3 Å². The van der Waals surface area contributed by atoms with E-state index in [1.165, 1.54) is 4.90 Å². The van der Waals surface area contributed by atoms with E-state index < -0.39 is 15.4 Å². The Morgan fingerprint density at radius 1 is 1.20 bits per heavy atom. The van der Waals surface area contributed by atoms with Gasteiger partial charge in [0.2, 0.25) is 0 Å². The summed E-state index contributed by atoms with van der Waals surface area (Å²) in [5.41, 5.74) is 2.11. The number of hydrogen-bond acceptors (Lipinski definition) is 6. The molecule has 0 aromatic carbocycles. The van der Waals surface area contributed by atoms with Crippen molar-refractivity contribution >= 4 is 21.8 Å². The zero-order chi connectivity index (χ0) is 21.7. The summed E-state index contributed by atoms with van der Waals surface area (Å²) in [4.78, 5) is 28.8. The first-order valence-corrected chi connectivity index (χ1v) is 12.5. The molecule has 1 aliphatic carbocycles. The van der Waals surface area contributed by atoms with Gasteiger partial charge in [-0.25, -0.2) is 18.1 Å². The van der Waals surface area contributed by atoms with Crippen LogP contribution in [-0.4, -0.2) is 70.7 Å². The van der Waals surface area contributed by atoms with Crippen LogP contribution in [0.3, 0.4) is 0 Å². The Labute approximate surface area is 177 Å². The quantitative estimate of drug-likeness (QED) is 0.700. The number of carbonyl (C=O) groups is 2. The number of sulfone groups is 1. The summed E-state index contributed by atoms with van der Waals surface area (Å²) in [7, 11) is -1.11. The Bertz CT molecular complexity index is 964. The molecule has 3 heterocycles. The number of imide groups is 1. The van der Waals surface area contributed by atoms with E-state index in [9.17, 15) is 18.0 Å². The van der Waals surface area contributed by atoms with Crippen LogP contribution in [0.2, 0.25) is 0 Å². The molecule has 9 nitrogen and oxygen atoms in total. The van der Waals surface area contributed by atoms with Crippen LogP contribution in [0.15, 0.2) is 0 Å². The maximum Gasteiger partial charge on any atom is 0.326 e. The summed E-state index contributed by atoms with van der Waals surface area (Å²) in [5, 5.41) is 7.55. The van der Waals surface area contributed by atoms with Crippen LogP contribution in [-0.2, 0) is 21.2 Å². The van der Waals surface area contributed by atoms with E-state index in [-0.39, 0.29) is 36.2 Å². The molecule has 1 aromatic rings. The number of nitrogens with one attached hydrogen (secondary N) is 1. The molecule has 30 heavy (non-hydrogen) atoms. The molecular weight excluding hydrogens is 406 g/mol. The van der Waals surface area contributed by atoms with Gasteiger partial charge >= 0.3 is 6.03 Å². The van der Waals surface area contributed by atoms with Crippen LogP contribution in [0.5, 0.6) is 0 Å². The standard InChI is InChI=1S/C20H31N5O4S/c1-14-17(15(2)25(22-14)16-7-10-30(28,29)12-16)11-23(3)13-24-18(26)20(21-19(24)27)8-5-4-6-9-20/h16H,4-13H2,1-3H3,(H,21,27). The van der Waals surface area contributed by atoms with Gasteiger partial charge in [-0.15, -0.1) is 0 Å². The maximum atomic E-state index is 13.0. The Kier molecular flexibility index (Phi) is 5.42. The molecule has 0 radical (unpaired) electrons. The van der Waals surface area contributed by atoms with E-state index in [4.69, 9.17) is 0 Å². The number of amides is 3. The third-order valence-corrected chi connectivity index (χ3v) is 8.54. The predicted octanol–water partition coefficient (Wildman–Crippen LogP) is 1.50. The summed E-state index contributed by atoms with van der Waals surface area (Å²) in [6.07, 6.45) is 5.05. The molecule has 1 N–H and O–H groups in total. The van der Waals surface area contributed by atoms with Crippen LogP contribution in [0.25, 0.3) is 0 Å². The van der Waals surface area contributed by atoms with Gasteiger partial charge in [0, 0.05) is 17.8 Å². The third-order valence-electron chi connectivity index (χ3n) is 6.79. The minimum Gasteiger partial charge on any atom is -0.323 e. The number of rotatable bonds is 5. The Morgan fingerprint density at radius 3 is 2.53 bits per heavy atom. The lowest BCUT2D eigenvalue weighted by Crippen LogP contribution is -2.48. The normalized spacial score (nSPS) is 25.5. The van der Waals surface area contributed by atoms with Crippen LogP contribution in [0, 0.1) is 13.8 Å². The van der Waals surface area contributed by atoms with Crippen LogP contribution in [0.4, 0.5) is 4.79 Å². The second-order valence-electron chi connectivity index (χ2n) is 9.11. The molecular formula is C20H31N5O4S. The number of hydrogen-bond donors (Lipinski definition) is 1. The van der Waals surface area contributed by atoms with Crippen molar-refractivity contribution in [3.05, 3.63) is 17.0 Å². The van der Waals surface area contributed by atoms with Gasteiger partial charge in [0.1, 0.15) is 5.54 Å². The van der Waals surface area contributed by atoms with Crippen molar-refractivity contribution in [3.63, 3.8) is 0 Å². The highest BCUT2D eigenvalue weighted by Gasteiger charge is 2.51. The van der Waals surface area contributed by atoms with Gasteiger partial charge in [0.15, 0.2) is 9.84 Å². The van der Waals surface area contributed by atoms with Gasteiger partial charge in [-0.05, 0) is 40.2 Å². The zero-order valence-electron chi connectivity index (χ0n) is 18.0. The molecule has 1 spiro atoms. The van der Waals surface area contributed by atoms with E-state index in [1.807, 2.05) is 30.5 Å². The summed E-state index contributed by atoms with van der Waals surface area (Å²) in [6, 6.07) is -0.432. The lowest BCUT2D eigenvalue weighted by atomic mass is 9.82. The Balaban J connectivity index is 1.45. The average Bonchev–Trinajstić information content (AvgIpc) is 3.26. The number of nitrogens with zero attached hydrogens (tertiary/aromatic N) is 4. The van der Waals surface area contributed by atoms with Crippen molar-refractivity contribution < 1.29 is 18.0 Å². The molecule has 1 atom stereocenters. The second-order valence-corrected chi connectivity index (χ2v) is 11.3. The monoisotopic (exact) mass is 437 g/mol. The molecule has 3 aliphatic rings. The van der Waals surface area contributed by atoms with Crippen LogP contribution < -0.4 is 5.32 Å². The molecule has 1 saturated carbocycles. The molecule has 3 fully saturated rings. The predicted molar refractivity (Wildman–Crippen MR) is 112 cm³/mol. The van der Waals surface area contributed by atoms with Gasteiger partial charge in [-0.2, -0.15) is 5.10 Å². The average molecular weight is 438 g/mol. The summed E-state index contributed by atoms with van der Waals surface area (Å²) < 4.78 is 25.5. The third kappa shape index (κ3) is 3.75. The van der Waals surface area contributed by atoms with E-state index in [1.54, 1.807) is 0 Å². The minimum absolute atomic E-state index is 0.112. The fourth-order valence-corrected chi connectivity index (χ4v) is 6.80. The maximum absolute atomic E-state index is 13.0. The fraction of sp³-hybridized carbons (Fsp3) is 0.750. The highest BCUT2D eigenvalue weighted by Crippen LogP contribution is 2.34. The number of carbonyl (C=O) groups excluding carboxylic acids is 2. The smallest absolute Gasteiger partial charge is 0.323 e. The van der Waals surface area contributed by atoms with E-state index in [2.05, 4.69) is 10.4 Å². The van der Waals surface area contributed by atoms with Crippen molar-refractivity contribution in [3.8, 4) is 0 Å². The van der Waals surface area contributed by atoms with Gasteiger partial charge < -0.3 is 5.32 Å². The molecule has 1 aromatic heterocycles. The zero-order valence-corrected chi connectivity index (χ0v) is 18.8. The lowest BCUT2D eigenvalue weighted by molar-refractivity contribution is -0.133. The SMILES string of the molecule is Cc1nn(C2CCS(=O)(=O)C2)c(C)c1CN(C)CN1C(=O)NC2(CCCCC2)C1=O. The van der Waals surface area contributed by atoms with Gasteiger partial charge in [0.25, 0.3) is 5.91 Å². The molecule has 0 bridgehead atoms. The highest BCUT2D eigenvalue weighted by atomic mass is 32.2. The second kappa shape index (κ2) is 7.64. The molecule has 4 rings (SSSR count). The first-order valence-electron chi connectivity index (χ1n) is 10.7. The first-order chi connectivity index (χ1) is 14.1. The van der Waals surface area contributed by atoms with Crippen LogP contribution in [0.1, 0.15) is 61.5 Å². The van der Waals surface area contributed by atoms with Crippen molar-refractivity contribution in [2.45, 2.75) is 70.5 Å². The van der Waals surface area contributed by atoms with Gasteiger partial charge in [-0.3, -0.25) is 14.4 Å². The Morgan fingerprint density at radius 2 is 1.90 bits per heavy atom. The van der Waals surface area contributed by atoms with E-state index >= 15 is 0 Å². The lowest BCUT2D eigenvalue weighted by Gasteiger charge is -2.31. The van der Waals surface area contributed by atoms with Crippen molar-refractivity contribution in [2.24, 2.45) is 0 Å².